The third kappa shape index (κ3) is 5.94. The summed E-state index contributed by atoms with van der Waals surface area (Å²) in [5.74, 6) is 3.15. The maximum absolute atomic E-state index is 17.0. The molecule has 6 heterocycles. The zero-order chi connectivity index (χ0) is 38.3. The highest BCUT2D eigenvalue weighted by atomic mass is 32.2. The minimum absolute atomic E-state index is 0.0406. The highest BCUT2D eigenvalue weighted by molar-refractivity contribution is 7.89. The van der Waals surface area contributed by atoms with Crippen molar-refractivity contribution in [2.45, 2.75) is 61.2 Å². The third-order valence-electron chi connectivity index (χ3n) is 11.6. The Balaban J connectivity index is 0.946. The Morgan fingerprint density at radius 1 is 0.946 bits per heavy atom. The van der Waals surface area contributed by atoms with Crippen molar-refractivity contribution in [2.75, 3.05) is 43.0 Å². The summed E-state index contributed by atoms with van der Waals surface area (Å²) in [5.41, 5.74) is 1.47. The van der Waals surface area contributed by atoms with Crippen LogP contribution in [0.1, 0.15) is 48.6 Å². The molecule has 1 N–H and O–H groups in total. The first-order valence-electron chi connectivity index (χ1n) is 18.9. The number of nitrogens with zero attached hydrogens (tertiary/aromatic N) is 9. The highest BCUT2D eigenvalue weighted by Crippen LogP contribution is 2.39. The molecule has 2 bridgehead atoms. The number of rotatable bonds is 9. The molecular formula is C41H38F2N10O2S. The molecule has 284 valence electrons. The lowest BCUT2D eigenvalue weighted by molar-refractivity contribution is 0.196. The van der Waals surface area contributed by atoms with Gasteiger partial charge in [0, 0.05) is 73.9 Å². The fourth-order valence-corrected chi connectivity index (χ4v) is 9.52. The zero-order valence-corrected chi connectivity index (χ0v) is 31.4. The first-order chi connectivity index (χ1) is 27.1. The second-order valence-electron chi connectivity index (χ2n) is 15.4. The molecule has 3 saturated heterocycles. The van der Waals surface area contributed by atoms with Gasteiger partial charge in [0.2, 0.25) is 5.95 Å². The number of nitrogens with one attached hydrogen (secondary N) is 1. The average molecular weight is 773 g/mol. The van der Waals surface area contributed by atoms with Crippen molar-refractivity contribution < 1.29 is 17.2 Å². The molecule has 15 heteroatoms. The van der Waals surface area contributed by atoms with E-state index in [2.05, 4.69) is 36.1 Å². The van der Waals surface area contributed by atoms with Crippen molar-refractivity contribution in [3.05, 3.63) is 95.7 Å². The Hall–Kier alpha value is -5.56. The second kappa shape index (κ2) is 13.3. The molecule has 10 rings (SSSR count). The molecule has 0 amide bonds. The smallest absolute Gasteiger partial charge is 0.284 e. The number of aromatic nitrogens is 6. The van der Waals surface area contributed by atoms with E-state index in [0.717, 1.165) is 48.4 Å². The van der Waals surface area contributed by atoms with E-state index in [1.165, 1.54) is 12.4 Å². The van der Waals surface area contributed by atoms with E-state index in [4.69, 9.17) is 16.4 Å². The summed E-state index contributed by atoms with van der Waals surface area (Å²) >= 11 is 0. The maximum Gasteiger partial charge on any atom is 0.284 e. The van der Waals surface area contributed by atoms with Crippen LogP contribution in [0.4, 0.5) is 20.5 Å². The average Bonchev–Trinajstić information content (AvgIpc) is 3.80. The van der Waals surface area contributed by atoms with E-state index in [9.17, 15) is 12.8 Å². The number of likely N-dealkylation sites (N-methyl/N-ethyl adjacent to an activating group) is 1. The van der Waals surface area contributed by atoms with Gasteiger partial charge in [0.15, 0.2) is 11.6 Å². The topological polar surface area (TPSA) is 125 Å². The summed E-state index contributed by atoms with van der Waals surface area (Å²) in [6.45, 7) is 3.15. The van der Waals surface area contributed by atoms with Crippen LogP contribution in [0.3, 0.4) is 0 Å². The van der Waals surface area contributed by atoms with Gasteiger partial charge in [-0.05, 0) is 61.9 Å². The molecule has 4 fully saturated rings. The number of fused-ring (bicyclic) bond motifs is 4. The van der Waals surface area contributed by atoms with E-state index in [0.29, 0.717) is 71.0 Å². The van der Waals surface area contributed by atoms with Crippen LogP contribution in [0.2, 0.25) is 0 Å². The van der Waals surface area contributed by atoms with E-state index in [1.54, 1.807) is 42.6 Å². The van der Waals surface area contributed by atoms with Gasteiger partial charge in [-0.3, -0.25) is 9.88 Å². The molecule has 3 aliphatic heterocycles. The largest absolute Gasteiger partial charge is 0.353 e. The second-order valence-corrected chi connectivity index (χ2v) is 17.2. The zero-order valence-electron chi connectivity index (χ0n) is 30.6. The van der Waals surface area contributed by atoms with Crippen LogP contribution >= 0.6 is 0 Å². The molecule has 56 heavy (non-hydrogen) atoms. The van der Waals surface area contributed by atoms with Gasteiger partial charge in [-0.2, -0.15) is 13.4 Å². The molecule has 1 saturated carbocycles. The van der Waals surface area contributed by atoms with Gasteiger partial charge < -0.3 is 15.1 Å². The fourth-order valence-electron chi connectivity index (χ4n) is 8.39. The summed E-state index contributed by atoms with van der Waals surface area (Å²) < 4.78 is 59.7. The van der Waals surface area contributed by atoms with Crippen molar-refractivity contribution in [1.82, 2.24) is 39.3 Å². The van der Waals surface area contributed by atoms with E-state index in [-0.39, 0.29) is 33.6 Å². The van der Waals surface area contributed by atoms with E-state index in [1.807, 2.05) is 24.1 Å². The summed E-state index contributed by atoms with van der Waals surface area (Å²) in [6.07, 6.45) is 12.8. The predicted octanol–water partition coefficient (Wildman–Crippen LogP) is 5.07. The van der Waals surface area contributed by atoms with Gasteiger partial charge in [0.05, 0.1) is 15.8 Å². The fraction of sp³-hybridized carbons (Fsp3) is 0.341. The van der Waals surface area contributed by atoms with E-state index >= 15 is 4.39 Å². The SMILES string of the molecule is C#Cc1c(F)ccc2cccc(-c3ncc4c(N5C[C@H]6CC[C@@H](C5)N6)nc(N5CC(N(C)Cc6cccc(S(=O)(=O)n7cnc(C8CC8)n7)c6)C5)nc4c3F)c12. The number of benzene rings is 3. The molecule has 2 atom stereocenters. The molecule has 0 spiro atoms. The van der Waals surface area contributed by atoms with Gasteiger partial charge in [0.1, 0.15) is 29.2 Å². The molecule has 6 aromatic rings. The van der Waals surface area contributed by atoms with Crippen LogP contribution in [0.5, 0.6) is 0 Å². The van der Waals surface area contributed by atoms with Gasteiger partial charge in [-0.1, -0.05) is 42.3 Å². The Kier molecular flexibility index (Phi) is 8.28. The van der Waals surface area contributed by atoms with Crippen LogP contribution in [0.15, 0.2) is 72.0 Å². The van der Waals surface area contributed by atoms with Gasteiger partial charge >= 0.3 is 0 Å². The molecule has 0 unspecified atom stereocenters. The monoisotopic (exact) mass is 772 g/mol. The summed E-state index contributed by atoms with van der Waals surface area (Å²) in [4.78, 5) is 25.3. The molecule has 4 aliphatic rings. The van der Waals surface area contributed by atoms with Crippen molar-refractivity contribution in [3.8, 4) is 23.6 Å². The number of halogens is 2. The number of hydrogen-bond acceptors (Lipinski definition) is 11. The Morgan fingerprint density at radius 2 is 1.73 bits per heavy atom. The van der Waals surface area contributed by atoms with Crippen LogP contribution in [0, 0.1) is 24.0 Å². The minimum atomic E-state index is -3.88. The van der Waals surface area contributed by atoms with Gasteiger partial charge in [-0.15, -0.1) is 15.6 Å². The molecule has 1 aliphatic carbocycles. The molecule has 3 aromatic heterocycles. The number of anilines is 2. The number of pyridine rings is 1. The van der Waals surface area contributed by atoms with Crippen LogP contribution < -0.4 is 15.1 Å². The summed E-state index contributed by atoms with van der Waals surface area (Å²) in [6, 6.07) is 15.9. The van der Waals surface area contributed by atoms with Crippen molar-refractivity contribution in [1.29, 1.82) is 0 Å². The Morgan fingerprint density at radius 3 is 2.50 bits per heavy atom. The first kappa shape index (κ1) is 34.9. The van der Waals surface area contributed by atoms with Crippen LogP contribution in [0.25, 0.3) is 32.9 Å². The van der Waals surface area contributed by atoms with Crippen molar-refractivity contribution in [3.63, 3.8) is 0 Å². The lowest BCUT2D eigenvalue weighted by Crippen LogP contribution is -2.59. The molecule has 0 radical (unpaired) electrons. The maximum atomic E-state index is 17.0. The van der Waals surface area contributed by atoms with Gasteiger partial charge in [0.25, 0.3) is 10.0 Å². The third-order valence-corrected chi connectivity index (χ3v) is 13.2. The molecular weight excluding hydrogens is 735 g/mol. The molecule has 12 nitrogen and oxygen atoms in total. The van der Waals surface area contributed by atoms with Crippen LogP contribution in [-0.2, 0) is 16.6 Å². The first-order valence-corrected chi connectivity index (χ1v) is 20.4. The Bertz CT molecular complexity index is 2700. The highest BCUT2D eigenvalue weighted by Gasteiger charge is 2.37. The summed E-state index contributed by atoms with van der Waals surface area (Å²) in [7, 11) is -1.88. The quantitative estimate of drug-likeness (QED) is 0.198. The van der Waals surface area contributed by atoms with Crippen LogP contribution in [-0.4, -0.2) is 93.8 Å². The van der Waals surface area contributed by atoms with Gasteiger partial charge in [-0.25, -0.2) is 18.7 Å². The predicted molar refractivity (Wildman–Crippen MR) is 209 cm³/mol. The Labute approximate surface area is 322 Å². The lowest BCUT2D eigenvalue weighted by atomic mass is 9.96. The normalized spacial score (nSPS) is 19.9. The van der Waals surface area contributed by atoms with Crippen molar-refractivity contribution in [2.24, 2.45) is 0 Å². The van der Waals surface area contributed by atoms with E-state index < -0.39 is 21.7 Å². The number of piperazine rings is 1. The standard InChI is InChI=1S/C41H38F2N10O2S/c1-3-31-34(42)15-12-25-7-5-9-32(35(25)31)37-36(43)38-33(17-44-37)40(51-19-27-13-14-28(20-51)46-27)48-41(47-38)52-21-29(22-52)50(2)18-24-6-4-8-30(16-24)56(54,55)53-23-45-39(49-53)26-10-11-26/h1,4-9,12,15-17,23,26-29,46H,10-11,13-14,18-22H2,2H3/t27-,28+. The lowest BCUT2D eigenvalue weighted by Gasteiger charge is -2.44. The minimum Gasteiger partial charge on any atom is -0.353 e. The summed E-state index contributed by atoms with van der Waals surface area (Å²) in [5, 5.41) is 9.52. The number of hydrogen-bond donors (Lipinski definition) is 1. The van der Waals surface area contributed by atoms with Crippen molar-refractivity contribution >= 4 is 43.5 Å². The molecule has 3 aromatic carbocycles. The number of terminal acetylenes is 1.